The second-order valence-corrected chi connectivity index (χ2v) is 6.44. The van der Waals surface area contributed by atoms with E-state index in [2.05, 4.69) is 74.5 Å². The first-order valence-electron chi connectivity index (χ1n) is 8.13. The molecule has 114 valence electrons. The summed E-state index contributed by atoms with van der Waals surface area (Å²) in [7, 11) is 0. The molecular weight excluding hydrogens is 280 g/mol. The van der Waals surface area contributed by atoms with Crippen LogP contribution < -0.4 is 4.74 Å². The maximum absolute atomic E-state index is 6.14. The van der Waals surface area contributed by atoms with E-state index in [-0.39, 0.29) is 0 Å². The van der Waals surface area contributed by atoms with Gasteiger partial charge in [-0.3, -0.25) is 0 Å². The molecule has 0 aliphatic carbocycles. The molecule has 1 aliphatic heterocycles. The van der Waals surface area contributed by atoms with Crippen LogP contribution in [0, 0.1) is 13.8 Å². The van der Waals surface area contributed by atoms with E-state index in [4.69, 9.17) is 4.74 Å². The highest BCUT2D eigenvalue weighted by molar-refractivity contribution is 5.54. The maximum atomic E-state index is 6.14. The van der Waals surface area contributed by atoms with Gasteiger partial charge >= 0.3 is 0 Å². The van der Waals surface area contributed by atoms with Crippen molar-refractivity contribution in [2.75, 3.05) is 0 Å². The minimum atomic E-state index is 0.958. The Bertz CT molecular complexity index is 863. The predicted molar refractivity (Wildman–Crippen MR) is 94.5 cm³/mol. The average Bonchev–Trinajstić information content (AvgIpc) is 2.54. The van der Waals surface area contributed by atoms with Gasteiger partial charge in [0.2, 0.25) is 0 Å². The first-order chi connectivity index (χ1) is 11.2. The van der Waals surface area contributed by atoms with Crippen LogP contribution in [0.1, 0.15) is 33.4 Å². The first kappa shape index (κ1) is 14.1. The Balaban J connectivity index is 1.66. The molecule has 3 aromatic rings. The maximum Gasteiger partial charge on any atom is 0.131 e. The SMILES string of the molecule is Cc1cc(C)c2c(c1)Oc1ccc(Cc3ccccc3)cc1C2. The number of aryl methyl sites for hydroxylation is 2. The second kappa shape index (κ2) is 5.58. The lowest BCUT2D eigenvalue weighted by Gasteiger charge is -2.23. The van der Waals surface area contributed by atoms with Crippen molar-refractivity contribution in [1.82, 2.24) is 0 Å². The number of rotatable bonds is 2. The summed E-state index contributed by atoms with van der Waals surface area (Å²) in [5.74, 6) is 2.02. The third-order valence-electron chi connectivity index (χ3n) is 4.54. The molecular formula is C22H20O. The Morgan fingerprint density at radius 2 is 1.65 bits per heavy atom. The molecule has 0 unspecified atom stereocenters. The third kappa shape index (κ3) is 2.75. The summed E-state index contributed by atoms with van der Waals surface area (Å²) >= 11 is 0. The lowest BCUT2D eigenvalue weighted by Crippen LogP contribution is -2.06. The highest BCUT2D eigenvalue weighted by atomic mass is 16.5. The molecule has 0 saturated heterocycles. The van der Waals surface area contributed by atoms with Gasteiger partial charge in [0.25, 0.3) is 0 Å². The Kier molecular flexibility index (Phi) is 3.42. The van der Waals surface area contributed by atoms with Crippen molar-refractivity contribution in [2.24, 2.45) is 0 Å². The van der Waals surface area contributed by atoms with Crippen molar-refractivity contribution in [3.8, 4) is 11.5 Å². The number of ether oxygens (including phenoxy) is 1. The molecule has 1 heteroatoms. The zero-order valence-electron chi connectivity index (χ0n) is 13.6. The molecule has 0 N–H and O–H groups in total. The van der Waals surface area contributed by atoms with Gasteiger partial charge in [-0.15, -0.1) is 0 Å². The molecule has 1 nitrogen and oxygen atoms in total. The Hall–Kier alpha value is -2.54. The monoisotopic (exact) mass is 300 g/mol. The largest absolute Gasteiger partial charge is 0.457 e. The molecule has 0 fully saturated rings. The standard InChI is InChI=1S/C22H20O/c1-15-10-16(2)20-14-19-13-18(12-17-6-4-3-5-7-17)8-9-21(19)23-22(20)11-15/h3-11,13H,12,14H2,1-2H3. The fraction of sp³-hybridized carbons (Fsp3) is 0.182. The quantitative estimate of drug-likeness (QED) is 0.469. The normalized spacial score (nSPS) is 12.3. The van der Waals surface area contributed by atoms with Crippen molar-refractivity contribution in [3.63, 3.8) is 0 Å². The van der Waals surface area contributed by atoms with Gasteiger partial charge in [0.1, 0.15) is 11.5 Å². The highest BCUT2D eigenvalue weighted by Gasteiger charge is 2.19. The van der Waals surface area contributed by atoms with Gasteiger partial charge < -0.3 is 4.74 Å². The van der Waals surface area contributed by atoms with E-state index in [0.717, 1.165) is 24.3 Å². The van der Waals surface area contributed by atoms with Crippen LogP contribution >= 0.6 is 0 Å². The average molecular weight is 300 g/mol. The van der Waals surface area contributed by atoms with E-state index in [1.54, 1.807) is 0 Å². The number of hydrogen-bond donors (Lipinski definition) is 0. The molecule has 0 saturated carbocycles. The Morgan fingerprint density at radius 1 is 0.826 bits per heavy atom. The fourth-order valence-electron chi connectivity index (χ4n) is 3.40. The van der Waals surface area contributed by atoms with Gasteiger partial charge in [-0.2, -0.15) is 0 Å². The van der Waals surface area contributed by atoms with Crippen LogP contribution in [0.2, 0.25) is 0 Å². The van der Waals surface area contributed by atoms with Crippen molar-refractivity contribution >= 4 is 0 Å². The van der Waals surface area contributed by atoms with Crippen LogP contribution in [-0.4, -0.2) is 0 Å². The van der Waals surface area contributed by atoms with Crippen molar-refractivity contribution in [3.05, 3.63) is 94.0 Å². The third-order valence-corrected chi connectivity index (χ3v) is 4.54. The summed E-state index contributed by atoms with van der Waals surface area (Å²) in [6.07, 6.45) is 1.92. The lowest BCUT2D eigenvalue weighted by atomic mass is 9.93. The van der Waals surface area contributed by atoms with Gasteiger partial charge in [-0.25, -0.2) is 0 Å². The van der Waals surface area contributed by atoms with Crippen LogP contribution in [0.5, 0.6) is 11.5 Å². The number of fused-ring (bicyclic) bond motifs is 2. The summed E-state index contributed by atoms with van der Waals surface area (Å²) in [5, 5.41) is 0. The van der Waals surface area contributed by atoms with Crippen LogP contribution in [0.15, 0.2) is 60.7 Å². The van der Waals surface area contributed by atoms with Gasteiger partial charge in [0.05, 0.1) is 0 Å². The Morgan fingerprint density at radius 3 is 2.48 bits per heavy atom. The molecule has 0 atom stereocenters. The van der Waals surface area contributed by atoms with Gasteiger partial charge in [-0.1, -0.05) is 48.5 Å². The molecule has 1 heterocycles. The predicted octanol–water partition coefficient (Wildman–Crippen LogP) is 5.59. The highest BCUT2D eigenvalue weighted by Crippen LogP contribution is 2.39. The molecule has 0 spiro atoms. The topological polar surface area (TPSA) is 9.23 Å². The molecule has 1 aliphatic rings. The molecule has 0 bridgehead atoms. The van der Waals surface area contributed by atoms with E-state index >= 15 is 0 Å². The minimum absolute atomic E-state index is 0.958. The van der Waals surface area contributed by atoms with Crippen molar-refractivity contribution < 1.29 is 4.74 Å². The molecule has 23 heavy (non-hydrogen) atoms. The summed E-state index contributed by atoms with van der Waals surface area (Å²) in [4.78, 5) is 0. The summed E-state index contributed by atoms with van der Waals surface area (Å²) in [6.45, 7) is 4.29. The van der Waals surface area contributed by atoms with Gasteiger partial charge in [0.15, 0.2) is 0 Å². The van der Waals surface area contributed by atoms with E-state index in [0.29, 0.717) is 0 Å². The first-order valence-corrected chi connectivity index (χ1v) is 8.13. The summed E-state index contributed by atoms with van der Waals surface area (Å²) < 4.78 is 6.14. The van der Waals surface area contributed by atoms with Crippen LogP contribution in [0.3, 0.4) is 0 Å². The number of hydrogen-bond acceptors (Lipinski definition) is 1. The van der Waals surface area contributed by atoms with E-state index < -0.39 is 0 Å². The molecule has 0 aromatic heterocycles. The number of benzene rings is 3. The Labute approximate surface area is 137 Å². The second-order valence-electron chi connectivity index (χ2n) is 6.44. The van der Waals surface area contributed by atoms with Gasteiger partial charge in [-0.05, 0) is 60.2 Å². The summed E-state index contributed by atoms with van der Waals surface area (Å²) in [6, 6.07) is 21.6. The van der Waals surface area contributed by atoms with Crippen LogP contribution in [0.4, 0.5) is 0 Å². The van der Waals surface area contributed by atoms with Gasteiger partial charge in [0, 0.05) is 12.0 Å². The van der Waals surface area contributed by atoms with E-state index in [9.17, 15) is 0 Å². The molecule has 0 amide bonds. The van der Waals surface area contributed by atoms with E-state index in [1.165, 1.54) is 33.4 Å². The van der Waals surface area contributed by atoms with Crippen molar-refractivity contribution in [1.29, 1.82) is 0 Å². The zero-order valence-corrected chi connectivity index (χ0v) is 13.6. The van der Waals surface area contributed by atoms with Crippen LogP contribution in [-0.2, 0) is 12.8 Å². The minimum Gasteiger partial charge on any atom is -0.457 e. The summed E-state index contributed by atoms with van der Waals surface area (Å²) in [5.41, 5.74) is 7.87. The van der Waals surface area contributed by atoms with Crippen molar-refractivity contribution in [2.45, 2.75) is 26.7 Å². The lowest BCUT2D eigenvalue weighted by molar-refractivity contribution is 0.458. The molecule has 4 rings (SSSR count). The smallest absolute Gasteiger partial charge is 0.131 e. The zero-order chi connectivity index (χ0) is 15.8. The van der Waals surface area contributed by atoms with E-state index in [1.807, 2.05) is 0 Å². The van der Waals surface area contributed by atoms with Crippen LogP contribution in [0.25, 0.3) is 0 Å². The fourth-order valence-corrected chi connectivity index (χ4v) is 3.40. The molecule has 3 aromatic carbocycles. The molecule has 0 radical (unpaired) electrons.